The number of fused-ring (bicyclic) bond motifs is 1. The number of para-hydroxylation sites is 2. The zero-order chi connectivity index (χ0) is 13.1. The van der Waals surface area contributed by atoms with Gasteiger partial charge in [0.05, 0.1) is 0 Å². The lowest BCUT2D eigenvalue weighted by Gasteiger charge is -2.24. The van der Waals surface area contributed by atoms with Crippen molar-refractivity contribution >= 4 is 11.3 Å². The fraction of sp³-hybridized carbons (Fsp3) is 0.385. The van der Waals surface area contributed by atoms with Crippen molar-refractivity contribution in [1.82, 2.24) is 10.2 Å². The van der Waals surface area contributed by atoms with Gasteiger partial charge in [-0.15, -0.1) is 10.2 Å². The van der Waals surface area contributed by atoms with Gasteiger partial charge in [-0.05, 0) is 25.1 Å². The average molecular weight is 277 g/mol. The zero-order valence-electron chi connectivity index (χ0n) is 10.4. The van der Waals surface area contributed by atoms with Gasteiger partial charge in [-0.1, -0.05) is 23.5 Å². The number of aryl methyl sites for hydroxylation is 1. The zero-order valence-corrected chi connectivity index (χ0v) is 11.2. The number of hydrogen-bond donors (Lipinski definition) is 1. The molecule has 0 saturated heterocycles. The molecule has 0 aliphatic carbocycles. The van der Waals surface area contributed by atoms with Crippen LogP contribution in [0.15, 0.2) is 24.3 Å². The molecular formula is C13H15N3O2S. The van der Waals surface area contributed by atoms with Crippen LogP contribution in [0, 0.1) is 0 Å². The van der Waals surface area contributed by atoms with Crippen LogP contribution in [-0.2, 0) is 6.42 Å². The molecule has 0 fully saturated rings. The second-order valence-electron chi connectivity index (χ2n) is 4.29. The van der Waals surface area contributed by atoms with Gasteiger partial charge >= 0.3 is 0 Å². The molecule has 6 heteroatoms. The molecule has 1 aliphatic heterocycles. The lowest BCUT2D eigenvalue weighted by atomic mass is 10.3. The molecule has 0 amide bonds. The Bertz CT molecular complexity index is 558. The summed E-state index contributed by atoms with van der Waals surface area (Å²) in [5, 5.41) is 10.2. The Morgan fingerprint density at radius 3 is 2.95 bits per heavy atom. The minimum atomic E-state index is -0.168. The highest BCUT2D eigenvalue weighted by Crippen LogP contribution is 2.36. The average Bonchev–Trinajstić information content (AvgIpc) is 2.93. The normalized spacial score (nSPS) is 17.4. The minimum absolute atomic E-state index is 0.168. The van der Waals surface area contributed by atoms with Crippen LogP contribution in [0.3, 0.4) is 0 Å². The first kappa shape index (κ1) is 12.4. The molecule has 2 N–H and O–H groups in total. The molecule has 19 heavy (non-hydrogen) atoms. The van der Waals surface area contributed by atoms with Gasteiger partial charge in [0, 0.05) is 6.42 Å². The van der Waals surface area contributed by atoms with Crippen molar-refractivity contribution in [3.8, 4) is 11.5 Å². The van der Waals surface area contributed by atoms with Gasteiger partial charge in [0.1, 0.15) is 11.6 Å². The van der Waals surface area contributed by atoms with E-state index >= 15 is 0 Å². The Hall–Kier alpha value is -1.66. The quantitative estimate of drug-likeness (QED) is 0.924. The number of hydrogen-bond acceptors (Lipinski definition) is 6. The molecular weight excluding hydrogens is 262 g/mol. The van der Waals surface area contributed by atoms with E-state index in [0.29, 0.717) is 13.2 Å². The van der Waals surface area contributed by atoms with Crippen molar-refractivity contribution in [2.75, 3.05) is 13.2 Å². The maximum atomic E-state index is 5.89. The van der Waals surface area contributed by atoms with Crippen LogP contribution >= 0.6 is 11.3 Å². The predicted octanol–water partition coefficient (Wildman–Crippen LogP) is 1.94. The summed E-state index contributed by atoms with van der Waals surface area (Å²) in [6.45, 7) is 1.15. The fourth-order valence-electron chi connectivity index (χ4n) is 1.89. The van der Waals surface area contributed by atoms with Crippen LogP contribution < -0.4 is 15.2 Å². The van der Waals surface area contributed by atoms with Crippen molar-refractivity contribution in [1.29, 1.82) is 0 Å². The number of nitrogens with zero attached hydrogens (tertiary/aromatic N) is 2. The SMILES string of the molecule is NCCCc1nnc(C2COc3ccccc3O2)s1. The maximum Gasteiger partial charge on any atom is 0.186 e. The molecule has 1 unspecified atom stereocenters. The van der Waals surface area contributed by atoms with Crippen molar-refractivity contribution in [3.05, 3.63) is 34.3 Å². The molecule has 1 aromatic heterocycles. The standard InChI is InChI=1S/C13H15N3O2S/c14-7-3-6-12-15-16-13(19-12)11-8-17-9-4-1-2-5-10(9)18-11/h1-2,4-5,11H,3,6-8,14H2. The predicted molar refractivity (Wildman–Crippen MR) is 72.6 cm³/mol. The highest BCUT2D eigenvalue weighted by molar-refractivity contribution is 7.11. The molecule has 5 nitrogen and oxygen atoms in total. The van der Waals surface area contributed by atoms with Gasteiger partial charge in [0.15, 0.2) is 22.6 Å². The maximum absolute atomic E-state index is 5.89. The van der Waals surface area contributed by atoms with Gasteiger partial charge < -0.3 is 15.2 Å². The number of ether oxygens (including phenoxy) is 2. The minimum Gasteiger partial charge on any atom is -0.485 e. The summed E-state index contributed by atoms with van der Waals surface area (Å²) in [7, 11) is 0. The third-order valence-corrected chi connectivity index (χ3v) is 3.94. The van der Waals surface area contributed by atoms with Gasteiger partial charge in [0.25, 0.3) is 0 Å². The van der Waals surface area contributed by atoms with Crippen LogP contribution in [0.4, 0.5) is 0 Å². The van der Waals surface area contributed by atoms with Gasteiger partial charge in [-0.3, -0.25) is 0 Å². The summed E-state index contributed by atoms with van der Waals surface area (Å²) in [6.07, 6.45) is 1.64. The number of nitrogens with two attached hydrogens (primary N) is 1. The summed E-state index contributed by atoms with van der Waals surface area (Å²) in [5.74, 6) is 1.55. The van der Waals surface area contributed by atoms with Gasteiger partial charge in [-0.25, -0.2) is 0 Å². The van der Waals surface area contributed by atoms with Crippen molar-refractivity contribution in [2.24, 2.45) is 5.73 Å². The summed E-state index contributed by atoms with van der Waals surface area (Å²) in [6, 6.07) is 7.66. The summed E-state index contributed by atoms with van der Waals surface area (Å²) in [5.41, 5.74) is 5.49. The van der Waals surface area contributed by atoms with E-state index < -0.39 is 0 Å². The summed E-state index contributed by atoms with van der Waals surface area (Å²) >= 11 is 1.57. The Morgan fingerprint density at radius 1 is 1.26 bits per heavy atom. The third kappa shape index (κ3) is 2.69. The van der Waals surface area contributed by atoms with Crippen LogP contribution in [0.25, 0.3) is 0 Å². The van der Waals surface area contributed by atoms with Crippen molar-refractivity contribution in [2.45, 2.75) is 18.9 Å². The van der Waals surface area contributed by atoms with Crippen molar-refractivity contribution in [3.63, 3.8) is 0 Å². The molecule has 3 rings (SSSR count). The van der Waals surface area contributed by atoms with Crippen LogP contribution in [0.1, 0.15) is 22.5 Å². The highest BCUT2D eigenvalue weighted by Gasteiger charge is 2.25. The summed E-state index contributed by atoms with van der Waals surface area (Å²) in [4.78, 5) is 0. The second kappa shape index (κ2) is 5.54. The van der Waals surface area contributed by atoms with E-state index in [1.54, 1.807) is 11.3 Å². The molecule has 2 aromatic rings. The molecule has 2 heterocycles. The van der Waals surface area contributed by atoms with Gasteiger partial charge in [0.2, 0.25) is 0 Å². The highest BCUT2D eigenvalue weighted by atomic mass is 32.1. The van der Waals surface area contributed by atoms with E-state index in [-0.39, 0.29) is 6.10 Å². The lowest BCUT2D eigenvalue weighted by Crippen LogP contribution is -2.21. The molecule has 1 aromatic carbocycles. The smallest absolute Gasteiger partial charge is 0.186 e. The van der Waals surface area contributed by atoms with Gasteiger partial charge in [-0.2, -0.15) is 0 Å². The third-order valence-electron chi connectivity index (χ3n) is 2.86. The van der Waals surface area contributed by atoms with E-state index in [1.807, 2.05) is 24.3 Å². The topological polar surface area (TPSA) is 70.3 Å². The number of aromatic nitrogens is 2. The van der Waals surface area contributed by atoms with Crippen molar-refractivity contribution < 1.29 is 9.47 Å². The van der Waals surface area contributed by atoms with E-state index in [2.05, 4.69) is 10.2 Å². The van der Waals surface area contributed by atoms with E-state index in [4.69, 9.17) is 15.2 Å². The Kier molecular flexibility index (Phi) is 3.61. The molecule has 0 saturated carbocycles. The fourth-order valence-corrected chi connectivity index (χ4v) is 2.79. The summed E-state index contributed by atoms with van der Waals surface area (Å²) < 4.78 is 11.6. The first-order valence-corrected chi connectivity index (χ1v) is 7.09. The molecule has 1 aliphatic rings. The number of rotatable bonds is 4. The van der Waals surface area contributed by atoms with Crippen LogP contribution in [-0.4, -0.2) is 23.3 Å². The first-order valence-electron chi connectivity index (χ1n) is 6.27. The van der Waals surface area contributed by atoms with Crippen LogP contribution in [0.5, 0.6) is 11.5 Å². The Labute approximate surface area is 115 Å². The molecule has 0 bridgehead atoms. The Balaban J connectivity index is 1.72. The number of benzene rings is 1. The van der Waals surface area contributed by atoms with E-state index in [9.17, 15) is 0 Å². The van der Waals surface area contributed by atoms with E-state index in [1.165, 1.54) is 0 Å². The molecule has 0 spiro atoms. The molecule has 100 valence electrons. The molecule has 1 atom stereocenters. The lowest BCUT2D eigenvalue weighted by molar-refractivity contribution is 0.0906. The van der Waals surface area contributed by atoms with E-state index in [0.717, 1.165) is 34.4 Å². The van der Waals surface area contributed by atoms with Crippen LogP contribution in [0.2, 0.25) is 0 Å². The second-order valence-corrected chi connectivity index (χ2v) is 5.38. The Morgan fingerprint density at radius 2 is 2.11 bits per heavy atom. The largest absolute Gasteiger partial charge is 0.485 e. The monoisotopic (exact) mass is 277 g/mol. The molecule has 0 radical (unpaired) electrons. The first-order chi connectivity index (χ1) is 9.36.